The first-order chi connectivity index (χ1) is 10.7. The van der Waals surface area contributed by atoms with E-state index >= 15 is 0 Å². The zero-order valence-corrected chi connectivity index (χ0v) is 20.7. The molecular formula is C17H22KN2NaO2S. The Kier molecular flexibility index (Phi) is 13.8. The molecule has 0 atom stereocenters. The Morgan fingerprint density at radius 1 is 0.833 bits per heavy atom. The molecule has 2 N–H and O–H groups in total. The molecule has 0 aromatic heterocycles. The fraction of sp³-hybridized carbons (Fsp3) is 0.235. The van der Waals surface area contributed by atoms with Gasteiger partial charge in [-0.3, -0.25) is 0 Å². The Morgan fingerprint density at radius 2 is 1.17 bits per heavy atom. The minimum absolute atomic E-state index is 0. The molecule has 0 aliphatic rings. The average molecular weight is 381 g/mol. The van der Waals surface area contributed by atoms with Crippen molar-refractivity contribution >= 4 is 28.7 Å². The zero-order valence-electron chi connectivity index (χ0n) is 16.8. The molecule has 0 aliphatic heterocycles. The first kappa shape index (κ1) is 24.4. The largest absolute Gasteiger partial charge is 1.00 e. The van der Waals surface area contributed by atoms with E-state index in [4.69, 9.17) is 21.7 Å². The van der Waals surface area contributed by atoms with Crippen molar-refractivity contribution in [3.05, 3.63) is 48.5 Å². The molecule has 0 saturated carbocycles. The normalized spacial score (nSPS) is 9.08. The van der Waals surface area contributed by atoms with Crippen molar-refractivity contribution in [2.75, 3.05) is 23.8 Å². The number of rotatable bonds is 6. The van der Waals surface area contributed by atoms with Crippen LogP contribution in [0.5, 0.6) is 11.5 Å². The first-order valence-electron chi connectivity index (χ1n) is 7.25. The van der Waals surface area contributed by atoms with E-state index < -0.39 is 0 Å². The second-order valence-corrected chi connectivity index (χ2v) is 4.90. The summed E-state index contributed by atoms with van der Waals surface area (Å²) in [6.45, 7) is 5.24. The summed E-state index contributed by atoms with van der Waals surface area (Å²) in [5, 5.41) is 6.80. The molecule has 120 valence electrons. The summed E-state index contributed by atoms with van der Waals surface area (Å²) < 4.78 is 10.8. The number of anilines is 2. The van der Waals surface area contributed by atoms with Gasteiger partial charge in [-0.15, -0.1) is 0 Å². The van der Waals surface area contributed by atoms with Crippen LogP contribution < -0.4 is 101 Å². The quantitative estimate of drug-likeness (QED) is 0.473. The SMILES string of the molecule is CCOc1ccc(NC(=S)Nc2ccc(OCC)cc2)cc1.[H-].[H-].[K+].[Na+]. The Morgan fingerprint density at radius 3 is 1.46 bits per heavy atom. The van der Waals surface area contributed by atoms with Gasteiger partial charge in [0.1, 0.15) is 11.5 Å². The van der Waals surface area contributed by atoms with Crippen LogP contribution in [0.3, 0.4) is 0 Å². The molecule has 0 unspecified atom stereocenters. The maximum atomic E-state index is 5.40. The molecule has 0 fully saturated rings. The summed E-state index contributed by atoms with van der Waals surface area (Å²) >= 11 is 5.30. The Bertz CT molecular complexity index is 566. The van der Waals surface area contributed by atoms with Gasteiger partial charge in [0.25, 0.3) is 0 Å². The van der Waals surface area contributed by atoms with Gasteiger partial charge in [0.05, 0.1) is 13.2 Å². The molecule has 0 heterocycles. The molecule has 0 radical (unpaired) electrons. The minimum Gasteiger partial charge on any atom is -1.00 e. The number of ether oxygens (including phenoxy) is 2. The number of hydrogen-bond acceptors (Lipinski definition) is 3. The van der Waals surface area contributed by atoms with Gasteiger partial charge >= 0.3 is 80.9 Å². The Labute approximate surface area is 216 Å². The molecule has 0 amide bonds. The molecule has 0 bridgehead atoms. The van der Waals surface area contributed by atoms with Crippen molar-refractivity contribution in [3.63, 3.8) is 0 Å². The molecule has 0 saturated heterocycles. The van der Waals surface area contributed by atoms with E-state index in [-0.39, 0.29) is 83.8 Å². The summed E-state index contributed by atoms with van der Waals surface area (Å²) in [6.07, 6.45) is 0. The summed E-state index contributed by atoms with van der Waals surface area (Å²) in [5.41, 5.74) is 1.82. The van der Waals surface area contributed by atoms with E-state index in [2.05, 4.69) is 10.6 Å². The summed E-state index contributed by atoms with van der Waals surface area (Å²) in [6, 6.07) is 15.3. The smallest absolute Gasteiger partial charge is 1.00 e. The van der Waals surface area contributed by atoms with E-state index in [9.17, 15) is 0 Å². The van der Waals surface area contributed by atoms with Gasteiger partial charge in [0.15, 0.2) is 5.11 Å². The summed E-state index contributed by atoms with van der Waals surface area (Å²) in [5.74, 6) is 1.69. The van der Waals surface area contributed by atoms with Crippen LogP contribution in [0, 0.1) is 0 Å². The topological polar surface area (TPSA) is 42.5 Å². The van der Waals surface area contributed by atoms with Gasteiger partial charge in [0.2, 0.25) is 0 Å². The standard InChI is InChI=1S/C17H20N2O2S.K.Na.2H/c1-3-20-15-9-5-13(6-10-15)18-17(22)19-14-7-11-16(12-8-14)21-4-2;;;;/h5-12H,3-4H2,1-2H3,(H2,18,19,22);;;;/q;2*+1;2*-1. The molecule has 2 aromatic carbocycles. The molecule has 0 aliphatic carbocycles. The third kappa shape index (κ3) is 8.65. The maximum absolute atomic E-state index is 5.40. The van der Waals surface area contributed by atoms with Crippen LogP contribution in [-0.4, -0.2) is 18.3 Å². The van der Waals surface area contributed by atoms with E-state index in [1.54, 1.807) is 0 Å². The third-order valence-corrected chi connectivity index (χ3v) is 3.05. The number of thiocarbonyl (C=S) groups is 1. The molecule has 24 heavy (non-hydrogen) atoms. The van der Waals surface area contributed by atoms with Gasteiger partial charge in [-0.05, 0) is 74.6 Å². The summed E-state index contributed by atoms with van der Waals surface area (Å²) in [4.78, 5) is 0. The predicted octanol–water partition coefficient (Wildman–Crippen LogP) is -1.47. The number of benzene rings is 2. The predicted molar refractivity (Wildman–Crippen MR) is 97.3 cm³/mol. The van der Waals surface area contributed by atoms with Gasteiger partial charge < -0.3 is 23.0 Å². The Balaban J connectivity index is -0.00000132. The van der Waals surface area contributed by atoms with Crippen molar-refractivity contribution in [1.82, 2.24) is 0 Å². The van der Waals surface area contributed by atoms with E-state index in [1.807, 2.05) is 62.4 Å². The third-order valence-electron chi connectivity index (χ3n) is 2.85. The van der Waals surface area contributed by atoms with Crippen molar-refractivity contribution in [3.8, 4) is 11.5 Å². The fourth-order valence-electron chi connectivity index (χ4n) is 1.90. The number of nitrogens with one attached hydrogen (secondary N) is 2. The van der Waals surface area contributed by atoms with Crippen molar-refractivity contribution in [1.29, 1.82) is 0 Å². The van der Waals surface area contributed by atoms with Gasteiger partial charge in [0, 0.05) is 11.4 Å². The monoisotopic (exact) mass is 380 g/mol. The van der Waals surface area contributed by atoms with Crippen LogP contribution >= 0.6 is 12.2 Å². The second kappa shape index (κ2) is 13.6. The average Bonchev–Trinajstić information content (AvgIpc) is 2.52. The van der Waals surface area contributed by atoms with Crippen molar-refractivity contribution in [2.45, 2.75) is 13.8 Å². The van der Waals surface area contributed by atoms with Crippen LogP contribution in [0.4, 0.5) is 11.4 Å². The van der Waals surface area contributed by atoms with Crippen LogP contribution in [0.25, 0.3) is 0 Å². The van der Waals surface area contributed by atoms with E-state index in [0.29, 0.717) is 18.3 Å². The maximum Gasteiger partial charge on any atom is 1.00 e. The molecule has 2 rings (SSSR count). The minimum atomic E-state index is 0. The van der Waals surface area contributed by atoms with Crippen LogP contribution in [0.2, 0.25) is 0 Å². The van der Waals surface area contributed by atoms with Gasteiger partial charge in [-0.1, -0.05) is 0 Å². The van der Waals surface area contributed by atoms with Crippen LogP contribution in [0.15, 0.2) is 48.5 Å². The van der Waals surface area contributed by atoms with E-state index in [1.165, 1.54) is 0 Å². The van der Waals surface area contributed by atoms with Gasteiger partial charge in [-0.25, -0.2) is 0 Å². The molecule has 7 heteroatoms. The molecule has 0 spiro atoms. The van der Waals surface area contributed by atoms with Crippen LogP contribution in [0.1, 0.15) is 16.7 Å². The summed E-state index contributed by atoms with van der Waals surface area (Å²) in [7, 11) is 0. The van der Waals surface area contributed by atoms with Crippen LogP contribution in [-0.2, 0) is 0 Å². The fourth-order valence-corrected chi connectivity index (χ4v) is 2.13. The second-order valence-electron chi connectivity index (χ2n) is 4.49. The Hall–Kier alpha value is 0.366. The van der Waals surface area contributed by atoms with Crippen molar-refractivity contribution < 1.29 is 93.3 Å². The zero-order chi connectivity index (χ0) is 15.8. The molecule has 2 aromatic rings. The first-order valence-corrected chi connectivity index (χ1v) is 7.65. The molecular weight excluding hydrogens is 358 g/mol. The van der Waals surface area contributed by atoms with E-state index in [0.717, 1.165) is 22.9 Å². The number of hydrogen-bond donors (Lipinski definition) is 2. The van der Waals surface area contributed by atoms with Gasteiger partial charge in [-0.2, -0.15) is 0 Å². The molecule has 4 nitrogen and oxygen atoms in total. The van der Waals surface area contributed by atoms with Crippen molar-refractivity contribution in [2.24, 2.45) is 0 Å².